The Hall–Kier alpha value is -2.17. The van der Waals surface area contributed by atoms with Gasteiger partial charge in [0, 0.05) is 30.6 Å². The Morgan fingerprint density at radius 3 is 3.06 bits per heavy atom. The largest absolute Gasteiger partial charge is 0.349 e. The summed E-state index contributed by atoms with van der Waals surface area (Å²) in [5.74, 6) is 0.0348. The molecule has 5 nitrogen and oxygen atoms in total. The van der Waals surface area contributed by atoms with Crippen LogP contribution in [0, 0.1) is 0 Å². The lowest BCUT2D eigenvalue weighted by Crippen LogP contribution is -2.26. The highest BCUT2D eigenvalue weighted by Gasteiger charge is 2.10. The molecule has 2 N–H and O–H groups in total. The Balaban J connectivity index is 1.79. The van der Waals surface area contributed by atoms with E-state index in [9.17, 15) is 4.79 Å². The fourth-order valence-corrected chi connectivity index (χ4v) is 1.70. The van der Waals surface area contributed by atoms with Gasteiger partial charge in [0.2, 0.25) is 5.91 Å². The van der Waals surface area contributed by atoms with E-state index in [1.54, 1.807) is 24.8 Å². The minimum atomic E-state index is -0.0230. The van der Waals surface area contributed by atoms with Crippen LogP contribution in [-0.2, 0) is 11.2 Å². The standard InChI is InChI=1S/C13H16N4O/c1-10(12-8-15-16-9-12)17-13(18)5-4-11-3-2-6-14-7-11/h2-3,6-10H,4-5H2,1H3,(H,15,16)(H,17,18). The third-order valence-electron chi connectivity index (χ3n) is 2.76. The minimum absolute atomic E-state index is 0.0230. The van der Waals surface area contributed by atoms with Crippen molar-refractivity contribution in [2.24, 2.45) is 0 Å². The molecule has 0 saturated heterocycles. The second kappa shape index (κ2) is 5.95. The number of nitrogens with zero attached hydrogens (tertiary/aromatic N) is 2. The molecule has 0 aliphatic carbocycles. The summed E-state index contributed by atoms with van der Waals surface area (Å²) < 4.78 is 0. The zero-order chi connectivity index (χ0) is 12.8. The van der Waals surface area contributed by atoms with Crippen LogP contribution in [0.2, 0.25) is 0 Å². The highest BCUT2D eigenvalue weighted by Crippen LogP contribution is 2.09. The molecule has 0 aromatic carbocycles. The van der Waals surface area contributed by atoms with Gasteiger partial charge in [0.15, 0.2) is 0 Å². The van der Waals surface area contributed by atoms with E-state index in [0.717, 1.165) is 11.1 Å². The number of H-pyrrole nitrogens is 1. The van der Waals surface area contributed by atoms with Crippen LogP contribution in [0.1, 0.15) is 30.5 Å². The van der Waals surface area contributed by atoms with Crippen molar-refractivity contribution in [1.82, 2.24) is 20.5 Å². The maximum atomic E-state index is 11.8. The summed E-state index contributed by atoms with van der Waals surface area (Å²) in [6.45, 7) is 1.94. The molecule has 5 heteroatoms. The van der Waals surface area contributed by atoms with Crippen LogP contribution in [0.5, 0.6) is 0 Å². The minimum Gasteiger partial charge on any atom is -0.349 e. The van der Waals surface area contributed by atoms with Gasteiger partial charge in [0.05, 0.1) is 12.2 Å². The highest BCUT2D eigenvalue weighted by molar-refractivity contribution is 5.76. The number of aromatic nitrogens is 3. The molecule has 2 heterocycles. The first-order valence-corrected chi connectivity index (χ1v) is 5.92. The van der Waals surface area contributed by atoms with Crippen molar-refractivity contribution in [3.05, 3.63) is 48.0 Å². The van der Waals surface area contributed by atoms with Crippen molar-refractivity contribution in [2.45, 2.75) is 25.8 Å². The van der Waals surface area contributed by atoms with Gasteiger partial charge in [-0.25, -0.2) is 0 Å². The van der Waals surface area contributed by atoms with Gasteiger partial charge < -0.3 is 5.32 Å². The number of pyridine rings is 1. The average molecular weight is 244 g/mol. The van der Waals surface area contributed by atoms with Gasteiger partial charge in [-0.2, -0.15) is 5.10 Å². The Kier molecular flexibility index (Phi) is 4.06. The summed E-state index contributed by atoms with van der Waals surface area (Å²) in [5.41, 5.74) is 2.05. The molecular formula is C13H16N4O. The van der Waals surface area contributed by atoms with Crippen molar-refractivity contribution < 1.29 is 4.79 Å². The molecule has 18 heavy (non-hydrogen) atoms. The van der Waals surface area contributed by atoms with Gasteiger partial charge in [-0.3, -0.25) is 14.9 Å². The molecular weight excluding hydrogens is 228 g/mol. The zero-order valence-electron chi connectivity index (χ0n) is 10.3. The van der Waals surface area contributed by atoms with E-state index in [4.69, 9.17) is 0 Å². The van der Waals surface area contributed by atoms with Crippen LogP contribution in [-0.4, -0.2) is 21.1 Å². The normalized spacial score (nSPS) is 12.1. The Bertz CT molecular complexity index is 481. The van der Waals surface area contributed by atoms with Crippen LogP contribution in [0.4, 0.5) is 0 Å². The van der Waals surface area contributed by atoms with Crippen LogP contribution < -0.4 is 5.32 Å². The molecule has 0 radical (unpaired) electrons. The lowest BCUT2D eigenvalue weighted by Gasteiger charge is -2.11. The summed E-state index contributed by atoms with van der Waals surface area (Å²) in [6, 6.07) is 3.83. The summed E-state index contributed by atoms with van der Waals surface area (Å²) in [7, 11) is 0. The van der Waals surface area contributed by atoms with E-state index >= 15 is 0 Å². The molecule has 2 rings (SSSR count). The monoisotopic (exact) mass is 244 g/mol. The maximum Gasteiger partial charge on any atom is 0.220 e. The second-order valence-corrected chi connectivity index (χ2v) is 4.18. The third kappa shape index (κ3) is 3.41. The predicted octanol–water partition coefficient (Wildman–Crippen LogP) is 1.61. The number of hydrogen-bond acceptors (Lipinski definition) is 3. The van der Waals surface area contributed by atoms with Gasteiger partial charge in [-0.05, 0) is 25.0 Å². The number of aryl methyl sites for hydroxylation is 1. The number of aromatic amines is 1. The number of amides is 1. The first-order chi connectivity index (χ1) is 8.75. The average Bonchev–Trinajstić information content (AvgIpc) is 2.91. The van der Waals surface area contributed by atoms with Gasteiger partial charge in [0.1, 0.15) is 0 Å². The molecule has 0 spiro atoms. The van der Waals surface area contributed by atoms with E-state index in [1.807, 2.05) is 19.1 Å². The van der Waals surface area contributed by atoms with Crippen molar-refractivity contribution in [1.29, 1.82) is 0 Å². The van der Waals surface area contributed by atoms with E-state index in [0.29, 0.717) is 12.8 Å². The van der Waals surface area contributed by atoms with Crippen LogP contribution in [0.15, 0.2) is 36.9 Å². The first kappa shape index (κ1) is 12.3. The first-order valence-electron chi connectivity index (χ1n) is 5.92. The molecule has 1 atom stereocenters. The third-order valence-corrected chi connectivity index (χ3v) is 2.76. The topological polar surface area (TPSA) is 70.7 Å². The maximum absolute atomic E-state index is 11.8. The summed E-state index contributed by atoms with van der Waals surface area (Å²) >= 11 is 0. The fourth-order valence-electron chi connectivity index (χ4n) is 1.70. The lowest BCUT2D eigenvalue weighted by molar-refractivity contribution is -0.121. The van der Waals surface area contributed by atoms with Crippen molar-refractivity contribution in [3.63, 3.8) is 0 Å². The SMILES string of the molecule is CC(NC(=O)CCc1cccnc1)c1cn[nH]c1. The Morgan fingerprint density at radius 2 is 2.39 bits per heavy atom. The Labute approximate surface area is 106 Å². The number of carbonyl (C=O) groups is 1. The van der Waals surface area contributed by atoms with E-state index in [1.165, 1.54) is 0 Å². The summed E-state index contributed by atoms with van der Waals surface area (Å²) in [4.78, 5) is 15.8. The van der Waals surface area contributed by atoms with Crippen molar-refractivity contribution in [2.75, 3.05) is 0 Å². The van der Waals surface area contributed by atoms with Crippen LogP contribution >= 0.6 is 0 Å². The quantitative estimate of drug-likeness (QED) is 0.839. The van der Waals surface area contributed by atoms with Gasteiger partial charge in [-0.15, -0.1) is 0 Å². The second-order valence-electron chi connectivity index (χ2n) is 4.18. The van der Waals surface area contributed by atoms with Crippen LogP contribution in [0.25, 0.3) is 0 Å². The van der Waals surface area contributed by atoms with Crippen molar-refractivity contribution in [3.8, 4) is 0 Å². The van der Waals surface area contributed by atoms with Gasteiger partial charge in [0.25, 0.3) is 0 Å². The molecule has 2 aromatic rings. The molecule has 0 aliphatic rings. The molecule has 2 aromatic heterocycles. The number of hydrogen-bond donors (Lipinski definition) is 2. The molecule has 1 amide bonds. The van der Waals surface area contributed by atoms with Crippen molar-refractivity contribution >= 4 is 5.91 Å². The van der Waals surface area contributed by atoms with E-state index in [2.05, 4.69) is 20.5 Å². The Morgan fingerprint density at radius 1 is 1.50 bits per heavy atom. The number of carbonyl (C=O) groups excluding carboxylic acids is 1. The fraction of sp³-hybridized carbons (Fsp3) is 0.308. The lowest BCUT2D eigenvalue weighted by atomic mass is 10.1. The molecule has 0 bridgehead atoms. The van der Waals surface area contributed by atoms with Crippen LogP contribution in [0.3, 0.4) is 0 Å². The molecule has 1 unspecified atom stereocenters. The summed E-state index contributed by atoms with van der Waals surface area (Å²) in [6.07, 6.45) is 8.18. The number of rotatable bonds is 5. The highest BCUT2D eigenvalue weighted by atomic mass is 16.1. The molecule has 0 fully saturated rings. The molecule has 94 valence electrons. The predicted molar refractivity (Wildman–Crippen MR) is 67.7 cm³/mol. The summed E-state index contributed by atoms with van der Waals surface area (Å²) in [5, 5.41) is 9.52. The van der Waals surface area contributed by atoms with E-state index < -0.39 is 0 Å². The van der Waals surface area contributed by atoms with Gasteiger partial charge in [-0.1, -0.05) is 6.07 Å². The smallest absolute Gasteiger partial charge is 0.220 e. The van der Waals surface area contributed by atoms with E-state index in [-0.39, 0.29) is 11.9 Å². The van der Waals surface area contributed by atoms with Gasteiger partial charge >= 0.3 is 0 Å². The number of nitrogens with one attached hydrogen (secondary N) is 2. The zero-order valence-corrected chi connectivity index (χ0v) is 10.3. The molecule has 0 aliphatic heterocycles. The molecule has 0 saturated carbocycles.